The lowest BCUT2D eigenvalue weighted by atomic mass is 10.1. The fourth-order valence-corrected chi connectivity index (χ4v) is 2.59. The highest BCUT2D eigenvalue weighted by Gasteiger charge is 2.29. The van der Waals surface area contributed by atoms with Gasteiger partial charge < -0.3 is 20.1 Å². The summed E-state index contributed by atoms with van der Waals surface area (Å²) in [7, 11) is 1.28. The summed E-state index contributed by atoms with van der Waals surface area (Å²) in [5.41, 5.74) is 1.32. The fourth-order valence-electron chi connectivity index (χ4n) is 2.59. The third kappa shape index (κ3) is 7.10. The van der Waals surface area contributed by atoms with Gasteiger partial charge in [-0.2, -0.15) is 13.2 Å². The van der Waals surface area contributed by atoms with E-state index in [4.69, 9.17) is 4.74 Å². The second kappa shape index (κ2) is 10.3. The maximum atomic E-state index is 12.7. The third-order valence-electron chi connectivity index (χ3n) is 4.27. The van der Waals surface area contributed by atoms with Crippen molar-refractivity contribution in [3.05, 3.63) is 41.2 Å². The molecule has 2 N–H and O–H groups in total. The minimum atomic E-state index is -4.51. The number of aryl methyl sites for hydroxylation is 1. The Bertz CT molecular complexity index is 980. The number of nitrogens with zero attached hydrogens (tertiary/aromatic N) is 2. The van der Waals surface area contributed by atoms with Crippen molar-refractivity contribution in [3.8, 4) is 11.6 Å². The Morgan fingerprint density at radius 3 is 2.44 bits per heavy atom. The van der Waals surface area contributed by atoms with E-state index >= 15 is 0 Å². The molecule has 174 valence electrons. The van der Waals surface area contributed by atoms with E-state index in [0.717, 1.165) is 0 Å². The molecule has 0 aliphatic carbocycles. The van der Waals surface area contributed by atoms with Crippen molar-refractivity contribution in [1.29, 1.82) is 0 Å². The van der Waals surface area contributed by atoms with Crippen molar-refractivity contribution in [1.82, 2.24) is 15.3 Å². The maximum Gasteiger partial charge on any atom is 0.422 e. The summed E-state index contributed by atoms with van der Waals surface area (Å²) in [5.74, 6) is -0.946. The molecule has 0 bridgehead atoms. The van der Waals surface area contributed by atoms with Crippen molar-refractivity contribution in [2.24, 2.45) is 5.92 Å². The molecule has 2 heterocycles. The van der Waals surface area contributed by atoms with E-state index in [1.54, 1.807) is 33.8 Å². The Labute approximate surface area is 183 Å². The number of carbonyl (C=O) groups is 2. The van der Waals surface area contributed by atoms with Gasteiger partial charge in [-0.1, -0.05) is 13.8 Å². The Morgan fingerprint density at radius 1 is 1.16 bits per heavy atom. The van der Waals surface area contributed by atoms with E-state index in [1.165, 1.54) is 25.4 Å². The number of alkyl halides is 3. The van der Waals surface area contributed by atoms with Gasteiger partial charge in [0.25, 0.3) is 11.8 Å². The lowest BCUT2D eigenvalue weighted by Gasteiger charge is -2.17. The Morgan fingerprint density at radius 2 is 1.84 bits per heavy atom. The van der Waals surface area contributed by atoms with Gasteiger partial charge >= 0.3 is 6.18 Å². The van der Waals surface area contributed by atoms with Crippen LogP contribution in [-0.2, 0) is 4.79 Å². The van der Waals surface area contributed by atoms with Gasteiger partial charge in [0, 0.05) is 23.4 Å². The molecule has 1 unspecified atom stereocenters. The summed E-state index contributed by atoms with van der Waals surface area (Å²) in [6.45, 7) is 5.35. The standard InChI is InChI=1S/C21H25F3N4O4/c1-11(2)18(29)28-17-8-14(6-12(3)26-17)19(30)27-13(4)15-7-16(31-5)20(25-9-15)32-10-21(22,23)24/h6-9,11,13H,10H2,1-5H3,(H,27,30)(H,26,28,29). The largest absolute Gasteiger partial charge is 0.491 e. The number of nitrogens with one attached hydrogen (secondary N) is 2. The van der Waals surface area contributed by atoms with E-state index in [1.807, 2.05) is 0 Å². The highest BCUT2D eigenvalue weighted by atomic mass is 19.4. The Balaban J connectivity index is 2.15. The molecule has 0 spiro atoms. The quantitative estimate of drug-likeness (QED) is 0.629. The zero-order valence-electron chi connectivity index (χ0n) is 18.3. The summed E-state index contributed by atoms with van der Waals surface area (Å²) >= 11 is 0. The van der Waals surface area contributed by atoms with Crippen LogP contribution < -0.4 is 20.1 Å². The first-order valence-electron chi connectivity index (χ1n) is 9.73. The highest BCUT2D eigenvalue weighted by Crippen LogP contribution is 2.29. The Kier molecular flexibility index (Phi) is 8.01. The molecule has 0 radical (unpaired) electrons. The third-order valence-corrected chi connectivity index (χ3v) is 4.27. The van der Waals surface area contributed by atoms with E-state index in [-0.39, 0.29) is 34.8 Å². The first kappa shape index (κ1) is 24.9. The summed E-state index contributed by atoms with van der Waals surface area (Å²) in [6, 6.07) is 3.92. The average molecular weight is 454 g/mol. The highest BCUT2D eigenvalue weighted by molar-refractivity contribution is 5.97. The normalized spacial score (nSPS) is 12.3. The van der Waals surface area contributed by atoms with Crippen molar-refractivity contribution in [2.45, 2.75) is 39.9 Å². The molecule has 0 saturated carbocycles. The number of amides is 2. The smallest absolute Gasteiger partial charge is 0.422 e. The topological polar surface area (TPSA) is 102 Å². The van der Waals surface area contributed by atoms with Gasteiger partial charge in [-0.15, -0.1) is 0 Å². The van der Waals surface area contributed by atoms with Crippen molar-refractivity contribution >= 4 is 17.6 Å². The summed E-state index contributed by atoms with van der Waals surface area (Å²) in [4.78, 5) is 32.7. The SMILES string of the molecule is COc1cc(C(C)NC(=O)c2cc(C)nc(NC(=O)C(C)C)c2)cnc1OCC(F)(F)F. The molecule has 8 nitrogen and oxygen atoms in total. The molecule has 0 aromatic carbocycles. The van der Waals surface area contributed by atoms with Crippen LogP contribution in [0.4, 0.5) is 19.0 Å². The van der Waals surface area contributed by atoms with Crippen LogP contribution in [0.1, 0.15) is 48.4 Å². The first-order valence-corrected chi connectivity index (χ1v) is 9.73. The van der Waals surface area contributed by atoms with Gasteiger partial charge in [-0.3, -0.25) is 9.59 Å². The van der Waals surface area contributed by atoms with E-state index in [0.29, 0.717) is 11.3 Å². The molecule has 2 aromatic heterocycles. The molecule has 2 aromatic rings. The molecule has 11 heteroatoms. The van der Waals surface area contributed by atoms with Gasteiger partial charge in [0.15, 0.2) is 12.4 Å². The van der Waals surface area contributed by atoms with Crippen molar-refractivity contribution in [2.75, 3.05) is 19.0 Å². The van der Waals surface area contributed by atoms with Crippen LogP contribution in [-0.4, -0.2) is 41.7 Å². The average Bonchev–Trinajstić information content (AvgIpc) is 2.70. The van der Waals surface area contributed by atoms with E-state index in [2.05, 4.69) is 25.3 Å². The minimum Gasteiger partial charge on any atom is -0.491 e. The van der Waals surface area contributed by atoms with Crippen LogP contribution in [0.3, 0.4) is 0 Å². The van der Waals surface area contributed by atoms with E-state index < -0.39 is 24.7 Å². The molecule has 0 aliphatic heterocycles. The number of methoxy groups -OCH3 is 1. The molecule has 0 aliphatic rings. The van der Waals surface area contributed by atoms with Crippen LogP contribution in [0.25, 0.3) is 0 Å². The fraction of sp³-hybridized carbons (Fsp3) is 0.429. The van der Waals surface area contributed by atoms with Gasteiger partial charge in [-0.05, 0) is 37.6 Å². The summed E-state index contributed by atoms with van der Waals surface area (Å²) in [5, 5.41) is 5.43. The molecule has 0 fully saturated rings. The van der Waals surface area contributed by atoms with Crippen molar-refractivity contribution < 1.29 is 32.2 Å². The monoisotopic (exact) mass is 454 g/mol. The van der Waals surface area contributed by atoms with Crippen molar-refractivity contribution in [3.63, 3.8) is 0 Å². The first-order chi connectivity index (χ1) is 14.9. The maximum absolute atomic E-state index is 12.7. The molecule has 2 amide bonds. The van der Waals surface area contributed by atoms with Gasteiger partial charge in [0.1, 0.15) is 5.82 Å². The number of pyridine rings is 2. The lowest BCUT2D eigenvalue weighted by Crippen LogP contribution is -2.27. The van der Waals surface area contributed by atoms with Crippen LogP contribution in [0.5, 0.6) is 11.6 Å². The second-order valence-electron chi connectivity index (χ2n) is 7.40. The predicted octanol–water partition coefficient (Wildman–Crippen LogP) is 3.82. The van der Waals surface area contributed by atoms with Crippen LogP contribution in [0.2, 0.25) is 0 Å². The van der Waals surface area contributed by atoms with E-state index in [9.17, 15) is 22.8 Å². The van der Waals surface area contributed by atoms with Gasteiger partial charge in [0.05, 0.1) is 13.2 Å². The zero-order valence-corrected chi connectivity index (χ0v) is 18.3. The molecule has 1 atom stereocenters. The number of hydrogen-bond acceptors (Lipinski definition) is 6. The number of anilines is 1. The number of rotatable bonds is 8. The van der Waals surface area contributed by atoms with Crippen LogP contribution in [0, 0.1) is 12.8 Å². The summed E-state index contributed by atoms with van der Waals surface area (Å²) in [6.07, 6.45) is -3.21. The molecular weight excluding hydrogens is 429 g/mol. The summed E-state index contributed by atoms with van der Waals surface area (Å²) < 4.78 is 46.9. The molecule has 0 saturated heterocycles. The van der Waals surface area contributed by atoms with Crippen LogP contribution >= 0.6 is 0 Å². The molecule has 32 heavy (non-hydrogen) atoms. The number of ether oxygens (including phenoxy) is 2. The molecular formula is C21H25F3N4O4. The number of halogens is 3. The van der Waals surface area contributed by atoms with Crippen LogP contribution in [0.15, 0.2) is 24.4 Å². The second-order valence-corrected chi connectivity index (χ2v) is 7.40. The molecule has 2 rings (SSSR count). The number of hydrogen-bond donors (Lipinski definition) is 2. The predicted molar refractivity (Wildman–Crippen MR) is 111 cm³/mol. The number of aromatic nitrogens is 2. The Hall–Kier alpha value is -3.37. The van der Waals surface area contributed by atoms with Gasteiger partial charge in [-0.25, -0.2) is 9.97 Å². The number of carbonyl (C=O) groups excluding carboxylic acids is 2. The zero-order chi connectivity index (χ0) is 24.1. The minimum absolute atomic E-state index is 0.00582. The van der Waals surface area contributed by atoms with Gasteiger partial charge in [0.2, 0.25) is 5.91 Å². The lowest BCUT2D eigenvalue weighted by molar-refractivity contribution is -0.154.